The zero-order valence-electron chi connectivity index (χ0n) is 12.1. The van der Waals surface area contributed by atoms with Crippen molar-refractivity contribution in [1.29, 1.82) is 0 Å². The van der Waals surface area contributed by atoms with Crippen LogP contribution in [0.1, 0.15) is 23.7 Å². The van der Waals surface area contributed by atoms with E-state index in [2.05, 4.69) is 5.10 Å². The Morgan fingerprint density at radius 1 is 1.23 bits per heavy atom. The average molecular weight is 312 g/mol. The summed E-state index contributed by atoms with van der Waals surface area (Å²) >= 11 is 0. The van der Waals surface area contributed by atoms with E-state index in [0.717, 1.165) is 10.7 Å². The van der Waals surface area contributed by atoms with Crippen LogP contribution < -0.4 is 10.3 Å². The fourth-order valence-corrected chi connectivity index (χ4v) is 1.98. The van der Waals surface area contributed by atoms with Gasteiger partial charge in [-0.15, -0.1) is 0 Å². The molecule has 1 aromatic carbocycles. The molecule has 2 aromatic rings. The van der Waals surface area contributed by atoms with E-state index in [1.54, 1.807) is 31.2 Å². The second-order valence-corrected chi connectivity index (χ2v) is 4.71. The molecule has 0 bridgehead atoms. The number of hydrogen-bond donors (Lipinski definition) is 0. The summed E-state index contributed by atoms with van der Waals surface area (Å²) in [7, 11) is 1.52. The lowest BCUT2D eigenvalue weighted by atomic mass is 10.2. The van der Waals surface area contributed by atoms with Gasteiger partial charge in [0.15, 0.2) is 0 Å². The number of halogens is 3. The van der Waals surface area contributed by atoms with Crippen LogP contribution >= 0.6 is 0 Å². The highest BCUT2D eigenvalue weighted by molar-refractivity contribution is 5.27. The van der Waals surface area contributed by atoms with Gasteiger partial charge in [0.2, 0.25) is 0 Å². The topological polar surface area (TPSA) is 44.1 Å². The van der Waals surface area contributed by atoms with E-state index in [1.807, 2.05) is 0 Å². The molecule has 0 N–H and O–H groups in total. The number of benzene rings is 1. The molecule has 1 aromatic heterocycles. The molecular formula is C15H15F3N2O2. The van der Waals surface area contributed by atoms with Gasteiger partial charge in [0, 0.05) is 0 Å². The fourth-order valence-electron chi connectivity index (χ4n) is 1.98. The molecule has 1 heterocycles. The van der Waals surface area contributed by atoms with Crippen molar-refractivity contribution >= 4 is 0 Å². The van der Waals surface area contributed by atoms with Crippen LogP contribution in [-0.4, -0.2) is 16.9 Å². The number of methoxy groups -OCH3 is 1. The van der Waals surface area contributed by atoms with Gasteiger partial charge in [0.1, 0.15) is 11.3 Å². The number of rotatable bonds is 4. The highest BCUT2D eigenvalue weighted by atomic mass is 19.4. The zero-order valence-corrected chi connectivity index (χ0v) is 12.1. The molecule has 118 valence electrons. The predicted molar refractivity (Wildman–Crippen MR) is 75.0 cm³/mol. The van der Waals surface area contributed by atoms with Crippen LogP contribution in [0, 0.1) is 0 Å². The number of ether oxygens (including phenoxy) is 1. The predicted octanol–water partition coefficient (Wildman–Crippen LogP) is 2.88. The first-order chi connectivity index (χ1) is 10.3. The van der Waals surface area contributed by atoms with E-state index in [9.17, 15) is 18.0 Å². The van der Waals surface area contributed by atoms with E-state index >= 15 is 0 Å². The minimum Gasteiger partial charge on any atom is -0.497 e. The summed E-state index contributed by atoms with van der Waals surface area (Å²) in [6.07, 6.45) is -4.38. The molecule has 0 unspecified atom stereocenters. The van der Waals surface area contributed by atoms with Crippen molar-refractivity contribution in [2.75, 3.05) is 7.11 Å². The van der Waals surface area contributed by atoms with Gasteiger partial charge in [-0.05, 0) is 30.2 Å². The van der Waals surface area contributed by atoms with E-state index in [4.69, 9.17) is 4.74 Å². The molecule has 22 heavy (non-hydrogen) atoms. The largest absolute Gasteiger partial charge is 0.497 e. The average Bonchev–Trinajstić information content (AvgIpc) is 2.49. The highest BCUT2D eigenvalue weighted by Crippen LogP contribution is 2.26. The maximum atomic E-state index is 12.9. The number of nitrogens with zero attached hydrogens (tertiary/aromatic N) is 2. The Balaban J connectivity index is 2.43. The smallest absolute Gasteiger partial charge is 0.421 e. The normalized spacial score (nSPS) is 11.5. The first-order valence-electron chi connectivity index (χ1n) is 6.66. The second-order valence-electron chi connectivity index (χ2n) is 4.71. The Labute approximate surface area is 125 Å². The molecule has 0 saturated carbocycles. The number of aromatic nitrogens is 2. The first kappa shape index (κ1) is 16.1. The SMILES string of the molecule is CCc1cc(C(F)(F)F)c(=O)n(Cc2ccc(OC)cc2)n1. The quantitative estimate of drug-likeness (QED) is 0.872. The standard InChI is InChI=1S/C15H15F3N2O2/c1-3-11-8-13(15(16,17)18)14(21)20(19-11)9-10-4-6-12(22-2)7-5-10/h4-8H,3,9H2,1-2H3. The molecular weight excluding hydrogens is 297 g/mol. The van der Waals surface area contributed by atoms with E-state index in [0.29, 0.717) is 17.7 Å². The maximum absolute atomic E-state index is 12.9. The summed E-state index contributed by atoms with van der Waals surface area (Å²) < 4.78 is 44.6. The van der Waals surface area contributed by atoms with Crippen LogP contribution in [0.15, 0.2) is 35.1 Å². The monoisotopic (exact) mass is 312 g/mol. The summed E-state index contributed by atoms with van der Waals surface area (Å²) in [5.41, 5.74) is -1.44. The van der Waals surface area contributed by atoms with E-state index in [-0.39, 0.29) is 12.2 Å². The first-order valence-corrected chi connectivity index (χ1v) is 6.66. The van der Waals surface area contributed by atoms with Gasteiger partial charge >= 0.3 is 6.18 Å². The van der Waals surface area contributed by atoms with Crippen molar-refractivity contribution in [1.82, 2.24) is 9.78 Å². The molecule has 0 amide bonds. The van der Waals surface area contributed by atoms with Crippen molar-refractivity contribution in [3.8, 4) is 5.75 Å². The van der Waals surface area contributed by atoms with Gasteiger partial charge in [-0.2, -0.15) is 18.3 Å². The molecule has 0 atom stereocenters. The number of alkyl halides is 3. The van der Waals surface area contributed by atoms with Crippen molar-refractivity contribution in [3.63, 3.8) is 0 Å². The van der Waals surface area contributed by atoms with Gasteiger partial charge < -0.3 is 4.74 Å². The van der Waals surface area contributed by atoms with Gasteiger partial charge in [0.05, 0.1) is 19.3 Å². The summed E-state index contributed by atoms with van der Waals surface area (Å²) in [6, 6.07) is 7.52. The third-order valence-corrected chi connectivity index (χ3v) is 3.18. The molecule has 2 rings (SSSR count). The minimum absolute atomic E-state index is 0.0280. The summed E-state index contributed by atoms with van der Waals surface area (Å²) in [5, 5.41) is 3.98. The Bertz CT molecular complexity index is 706. The van der Waals surface area contributed by atoms with Gasteiger partial charge in [-0.1, -0.05) is 19.1 Å². The molecule has 0 aliphatic heterocycles. The summed E-state index contributed by atoms with van der Waals surface area (Å²) in [5.74, 6) is 0.627. The van der Waals surface area contributed by atoms with Gasteiger partial charge in [0.25, 0.3) is 5.56 Å². The summed E-state index contributed by atoms with van der Waals surface area (Å²) in [4.78, 5) is 12.0. The molecule has 0 saturated heterocycles. The van der Waals surface area contributed by atoms with Crippen molar-refractivity contribution in [2.45, 2.75) is 26.1 Å². The molecule has 0 fully saturated rings. The van der Waals surface area contributed by atoms with E-state index in [1.165, 1.54) is 7.11 Å². The van der Waals surface area contributed by atoms with Crippen molar-refractivity contribution in [2.24, 2.45) is 0 Å². The Morgan fingerprint density at radius 2 is 1.86 bits per heavy atom. The molecule has 0 aliphatic rings. The van der Waals surface area contributed by atoms with Crippen LogP contribution in [0.5, 0.6) is 5.75 Å². The number of aryl methyl sites for hydroxylation is 1. The lowest BCUT2D eigenvalue weighted by molar-refractivity contribution is -0.139. The van der Waals surface area contributed by atoms with Crippen LogP contribution in [0.2, 0.25) is 0 Å². The third-order valence-electron chi connectivity index (χ3n) is 3.18. The molecule has 4 nitrogen and oxygen atoms in total. The van der Waals surface area contributed by atoms with Crippen LogP contribution in [0.4, 0.5) is 13.2 Å². The molecule has 0 aliphatic carbocycles. The second kappa shape index (κ2) is 6.21. The zero-order chi connectivity index (χ0) is 16.3. The minimum atomic E-state index is -4.69. The third kappa shape index (κ3) is 3.47. The van der Waals surface area contributed by atoms with Gasteiger partial charge in [-0.3, -0.25) is 4.79 Å². The Hall–Kier alpha value is -2.31. The van der Waals surface area contributed by atoms with Gasteiger partial charge in [-0.25, -0.2) is 4.68 Å². The van der Waals surface area contributed by atoms with Crippen LogP contribution in [0.3, 0.4) is 0 Å². The lowest BCUT2D eigenvalue weighted by Gasteiger charge is -2.12. The highest BCUT2D eigenvalue weighted by Gasteiger charge is 2.35. The van der Waals surface area contributed by atoms with Crippen molar-refractivity contribution in [3.05, 3.63) is 57.5 Å². The van der Waals surface area contributed by atoms with Crippen LogP contribution in [-0.2, 0) is 19.1 Å². The van der Waals surface area contributed by atoms with Crippen molar-refractivity contribution < 1.29 is 17.9 Å². The fraction of sp³-hybridized carbons (Fsp3) is 0.333. The van der Waals surface area contributed by atoms with Crippen LogP contribution in [0.25, 0.3) is 0 Å². The number of hydrogen-bond acceptors (Lipinski definition) is 3. The Kier molecular flexibility index (Phi) is 4.54. The maximum Gasteiger partial charge on any atom is 0.421 e. The molecule has 7 heteroatoms. The molecule has 0 radical (unpaired) electrons. The Morgan fingerprint density at radius 3 is 2.36 bits per heavy atom. The lowest BCUT2D eigenvalue weighted by Crippen LogP contribution is -2.31. The summed E-state index contributed by atoms with van der Waals surface area (Å²) in [6.45, 7) is 1.66. The van der Waals surface area contributed by atoms with E-state index < -0.39 is 17.3 Å². The molecule has 0 spiro atoms.